The van der Waals surface area contributed by atoms with Crippen LogP contribution in [0.5, 0.6) is 0 Å². The Kier molecular flexibility index (Phi) is 1.63. The van der Waals surface area contributed by atoms with E-state index in [1.165, 1.54) is 0 Å². The molecule has 3 rings (SSSR count). The fraction of sp³-hybridized carbons (Fsp3) is 0.111. The van der Waals surface area contributed by atoms with Gasteiger partial charge in [-0.2, -0.15) is 4.52 Å². The van der Waals surface area contributed by atoms with Crippen LogP contribution in [0.4, 0.5) is 0 Å². The van der Waals surface area contributed by atoms with Gasteiger partial charge in [-0.25, -0.2) is 4.98 Å². The van der Waals surface area contributed by atoms with Crippen LogP contribution in [0.15, 0.2) is 24.4 Å². The Morgan fingerprint density at radius 2 is 2.27 bits per heavy atom. The van der Waals surface area contributed by atoms with Crippen molar-refractivity contribution in [3.05, 3.63) is 30.0 Å². The maximum absolute atomic E-state index is 5.57. The van der Waals surface area contributed by atoms with Gasteiger partial charge in [-0.1, -0.05) is 11.2 Å². The van der Waals surface area contributed by atoms with Gasteiger partial charge < -0.3 is 5.73 Å². The van der Waals surface area contributed by atoms with Crippen LogP contribution < -0.4 is 5.73 Å². The topological polar surface area (TPSA) is 82.0 Å². The molecule has 6 heteroatoms. The van der Waals surface area contributed by atoms with Crippen molar-refractivity contribution in [2.75, 3.05) is 0 Å². The minimum atomic E-state index is 0.503. The Balaban J connectivity index is 2.44. The molecule has 0 amide bonds. The fourth-order valence-electron chi connectivity index (χ4n) is 1.57. The van der Waals surface area contributed by atoms with Crippen LogP contribution in [0, 0.1) is 0 Å². The molecule has 0 unspecified atom stereocenters. The molecule has 0 saturated carbocycles. The third kappa shape index (κ3) is 1.15. The summed E-state index contributed by atoms with van der Waals surface area (Å²) in [6.07, 6.45) is 1.75. The number of hydrogen-bond donors (Lipinski definition) is 1. The van der Waals surface area contributed by atoms with E-state index in [1.807, 2.05) is 18.2 Å². The van der Waals surface area contributed by atoms with Crippen LogP contribution >= 0.6 is 0 Å². The van der Waals surface area contributed by atoms with Crippen LogP contribution in [-0.2, 0) is 6.54 Å². The lowest BCUT2D eigenvalue weighted by atomic mass is 10.1. The summed E-state index contributed by atoms with van der Waals surface area (Å²) in [6, 6.07) is 5.90. The van der Waals surface area contributed by atoms with E-state index in [1.54, 1.807) is 10.7 Å². The van der Waals surface area contributed by atoms with E-state index in [-0.39, 0.29) is 0 Å². The molecule has 2 heterocycles. The van der Waals surface area contributed by atoms with Crippen LogP contribution in [-0.4, -0.2) is 25.0 Å². The highest BCUT2D eigenvalue weighted by Gasteiger charge is 2.03. The van der Waals surface area contributed by atoms with Crippen molar-refractivity contribution in [2.24, 2.45) is 5.73 Å². The first-order chi connectivity index (χ1) is 7.38. The van der Waals surface area contributed by atoms with Gasteiger partial charge in [0.25, 0.3) is 5.78 Å². The van der Waals surface area contributed by atoms with E-state index in [2.05, 4.69) is 20.5 Å². The van der Waals surface area contributed by atoms with Crippen LogP contribution in [0.3, 0.4) is 0 Å². The highest BCUT2D eigenvalue weighted by molar-refractivity contribution is 5.80. The highest BCUT2D eigenvalue weighted by atomic mass is 15.5. The monoisotopic (exact) mass is 200 g/mol. The summed E-state index contributed by atoms with van der Waals surface area (Å²) in [6.45, 7) is 0.517. The van der Waals surface area contributed by atoms with Crippen molar-refractivity contribution < 1.29 is 0 Å². The Labute approximate surface area is 84.7 Å². The van der Waals surface area contributed by atoms with Crippen molar-refractivity contribution in [1.29, 1.82) is 0 Å². The molecule has 15 heavy (non-hydrogen) atoms. The first-order valence-electron chi connectivity index (χ1n) is 4.54. The summed E-state index contributed by atoms with van der Waals surface area (Å²) >= 11 is 0. The van der Waals surface area contributed by atoms with Gasteiger partial charge >= 0.3 is 0 Å². The van der Waals surface area contributed by atoms with Crippen LogP contribution in [0.1, 0.15) is 5.56 Å². The Bertz CT molecular complexity index is 629. The number of nitrogens with two attached hydrogens (primary N) is 1. The summed E-state index contributed by atoms with van der Waals surface area (Å²) in [4.78, 5) is 4.13. The molecule has 0 aliphatic carbocycles. The van der Waals surface area contributed by atoms with Crippen molar-refractivity contribution in [3.8, 4) is 0 Å². The fourth-order valence-corrected chi connectivity index (χ4v) is 1.57. The molecule has 0 aliphatic rings. The summed E-state index contributed by atoms with van der Waals surface area (Å²) in [5.74, 6) is 0.503. The van der Waals surface area contributed by atoms with Gasteiger partial charge in [-0.05, 0) is 28.1 Å². The Hall–Kier alpha value is -2.08. The molecule has 3 aromatic rings. The van der Waals surface area contributed by atoms with Gasteiger partial charge in [0.05, 0.1) is 5.52 Å². The van der Waals surface area contributed by atoms with E-state index in [0.717, 1.165) is 16.5 Å². The quantitative estimate of drug-likeness (QED) is 0.603. The first kappa shape index (κ1) is 8.25. The highest BCUT2D eigenvalue weighted by Crippen LogP contribution is 2.14. The lowest BCUT2D eigenvalue weighted by Gasteiger charge is -2.01. The number of nitrogens with zero attached hydrogens (tertiary/aromatic N) is 5. The second-order valence-corrected chi connectivity index (χ2v) is 3.25. The van der Waals surface area contributed by atoms with E-state index in [4.69, 9.17) is 5.73 Å². The molecule has 0 aliphatic heterocycles. The molecule has 74 valence electrons. The largest absolute Gasteiger partial charge is 0.326 e. The second kappa shape index (κ2) is 2.96. The number of rotatable bonds is 1. The van der Waals surface area contributed by atoms with Gasteiger partial charge in [0.2, 0.25) is 0 Å². The van der Waals surface area contributed by atoms with Crippen LogP contribution in [0.2, 0.25) is 0 Å². The molecule has 0 fully saturated rings. The molecular formula is C9H8N6. The maximum atomic E-state index is 5.57. The van der Waals surface area contributed by atoms with E-state index in [0.29, 0.717) is 12.3 Å². The van der Waals surface area contributed by atoms with Gasteiger partial charge in [0.15, 0.2) is 0 Å². The normalized spacial score (nSPS) is 11.3. The average Bonchev–Trinajstić information content (AvgIpc) is 2.76. The number of tetrazole rings is 1. The second-order valence-electron chi connectivity index (χ2n) is 3.25. The number of benzene rings is 1. The minimum absolute atomic E-state index is 0.503. The zero-order valence-corrected chi connectivity index (χ0v) is 7.83. The smallest absolute Gasteiger partial charge is 0.273 e. The molecular weight excluding hydrogens is 192 g/mol. The minimum Gasteiger partial charge on any atom is -0.326 e. The van der Waals surface area contributed by atoms with Gasteiger partial charge in [0, 0.05) is 18.1 Å². The summed E-state index contributed by atoms with van der Waals surface area (Å²) in [5, 5.41) is 12.2. The standard InChI is InChI=1S/C9H8N6/c10-4-6-1-2-8-7(3-6)5-11-9-12-13-14-15(8)9/h1-3,5H,4,10H2. The SMILES string of the molecule is NCc1ccc2c(cnc3nnnn32)c1. The Morgan fingerprint density at radius 3 is 3.13 bits per heavy atom. The van der Waals surface area contributed by atoms with Gasteiger partial charge in [-0.3, -0.25) is 0 Å². The zero-order chi connectivity index (χ0) is 10.3. The van der Waals surface area contributed by atoms with E-state index < -0.39 is 0 Å². The molecule has 6 nitrogen and oxygen atoms in total. The zero-order valence-electron chi connectivity index (χ0n) is 7.83. The van der Waals surface area contributed by atoms with E-state index >= 15 is 0 Å². The molecule has 0 spiro atoms. The number of fused-ring (bicyclic) bond motifs is 3. The maximum Gasteiger partial charge on any atom is 0.273 e. The average molecular weight is 200 g/mol. The number of hydrogen-bond acceptors (Lipinski definition) is 5. The lowest BCUT2D eigenvalue weighted by molar-refractivity contribution is 0.840. The first-order valence-corrected chi connectivity index (χ1v) is 4.54. The van der Waals surface area contributed by atoms with Crippen molar-refractivity contribution in [1.82, 2.24) is 25.0 Å². The van der Waals surface area contributed by atoms with Crippen molar-refractivity contribution in [3.63, 3.8) is 0 Å². The molecule has 0 atom stereocenters. The van der Waals surface area contributed by atoms with Crippen molar-refractivity contribution in [2.45, 2.75) is 6.54 Å². The summed E-state index contributed by atoms with van der Waals surface area (Å²) in [7, 11) is 0. The van der Waals surface area contributed by atoms with Gasteiger partial charge in [0.1, 0.15) is 0 Å². The molecule has 2 N–H and O–H groups in total. The molecule has 0 saturated heterocycles. The van der Waals surface area contributed by atoms with Crippen molar-refractivity contribution >= 4 is 16.7 Å². The third-order valence-corrected chi connectivity index (χ3v) is 2.33. The number of aromatic nitrogens is 5. The summed E-state index contributed by atoms with van der Waals surface area (Å²) < 4.78 is 1.61. The molecule has 1 aromatic carbocycles. The lowest BCUT2D eigenvalue weighted by Crippen LogP contribution is -1.98. The van der Waals surface area contributed by atoms with Crippen LogP contribution in [0.25, 0.3) is 16.7 Å². The molecule has 0 bridgehead atoms. The predicted octanol–water partition coefficient (Wildman–Crippen LogP) is 0.131. The molecule has 0 radical (unpaired) electrons. The molecule has 2 aromatic heterocycles. The van der Waals surface area contributed by atoms with E-state index in [9.17, 15) is 0 Å². The Morgan fingerprint density at radius 1 is 1.33 bits per heavy atom. The third-order valence-electron chi connectivity index (χ3n) is 2.33. The predicted molar refractivity (Wildman–Crippen MR) is 54.0 cm³/mol. The van der Waals surface area contributed by atoms with Gasteiger partial charge in [-0.15, -0.1) is 0 Å². The summed E-state index contributed by atoms with van der Waals surface area (Å²) in [5.41, 5.74) is 7.56.